The standard InChI is InChI=1S/C11H16O2/c1-4-9(2)13-11-7-5-6-10(8-11)12-3/h5-9H,4H2,1-3H3/t9-/m1/s1. The summed E-state index contributed by atoms with van der Waals surface area (Å²) in [6.07, 6.45) is 1.27. The van der Waals surface area contributed by atoms with Gasteiger partial charge >= 0.3 is 0 Å². The van der Waals surface area contributed by atoms with Gasteiger partial charge in [-0.2, -0.15) is 0 Å². The molecule has 0 spiro atoms. The molecule has 13 heavy (non-hydrogen) atoms. The second-order valence-electron chi connectivity index (χ2n) is 3.02. The fourth-order valence-corrected chi connectivity index (χ4v) is 0.990. The van der Waals surface area contributed by atoms with Gasteiger partial charge in [0.05, 0.1) is 13.2 Å². The van der Waals surface area contributed by atoms with Crippen LogP contribution in [0.5, 0.6) is 11.5 Å². The van der Waals surface area contributed by atoms with Crippen molar-refractivity contribution in [2.45, 2.75) is 26.4 Å². The van der Waals surface area contributed by atoms with E-state index in [0.717, 1.165) is 17.9 Å². The molecule has 0 aromatic heterocycles. The Hall–Kier alpha value is -1.18. The quantitative estimate of drug-likeness (QED) is 0.709. The lowest BCUT2D eigenvalue weighted by atomic mass is 10.3. The monoisotopic (exact) mass is 180 g/mol. The van der Waals surface area contributed by atoms with Gasteiger partial charge in [-0.05, 0) is 25.5 Å². The summed E-state index contributed by atoms with van der Waals surface area (Å²) in [6.45, 7) is 4.16. The first-order valence-corrected chi connectivity index (χ1v) is 4.57. The van der Waals surface area contributed by atoms with Crippen molar-refractivity contribution in [3.05, 3.63) is 24.3 Å². The molecule has 0 radical (unpaired) electrons. The van der Waals surface area contributed by atoms with Gasteiger partial charge in [0.2, 0.25) is 0 Å². The van der Waals surface area contributed by atoms with Crippen LogP contribution < -0.4 is 9.47 Å². The Morgan fingerprint density at radius 1 is 1.31 bits per heavy atom. The van der Waals surface area contributed by atoms with Crippen molar-refractivity contribution in [2.24, 2.45) is 0 Å². The van der Waals surface area contributed by atoms with Crippen LogP contribution in [0.4, 0.5) is 0 Å². The number of benzene rings is 1. The van der Waals surface area contributed by atoms with Gasteiger partial charge in [-0.15, -0.1) is 0 Å². The first-order valence-electron chi connectivity index (χ1n) is 4.57. The maximum absolute atomic E-state index is 5.63. The van der Waals surface area contributed by atoms with Gasteiger partial charge in [-0.3, -0.25) is 0 Å². The SMILES string of the molecule is CC[C@@H](C)Oc1cccc(OC)c1. The zero-order valence-corrected chi connectivity index (χ0v) is 8.41. The predicted molar refractivity (Wildman–Crippen MR) is 53.4 cm³/mol. The van der Waals surface area contributed by atoms with Crippen LogP contribution in [0.25, 0.3) is 0 Å². The summed E-state index contributed by atoms with van der Waals surface area (Å²) in [5, 5.41) is 0. The number of ether oxygens (including phenoxy) is 2. The third-order valence-electron chi connectivity index (χ3n) is 1.95. The van der Waals surface area contributed by atoms with Crippen molar-refractivity contribution in [2.75, 3.05) is 7.11 Å². The smallest absolute Gasteiger partial charge is 0.123 e. The van der Waals surface area contributed by atoms with Crippen LogP contribution >= 0.6 is 0 Å². The van der Waals surface area contributed by atoms with Crippen molar-refractivity contribution < 1.29 is 9.47 Å². The van der Waals surface area contributed by atoms with E-state index in [-0.39, 0.29) is 6.10 Å². The minimum absolute atomic E-state index is 0.257. The van der Waals surface area contributed by atoms with Crippen LogP contribution in [-0.2, 0) is 0 Å². The van der Waals surface area contributed by atoms with Gasteiger partial charge in [0.1, 0.15) is 11.5 Å². The van der Waals surface area contributed by atoms with Crippen molar-refractivity contribution in [1.82, 2.24) is 0 Å². The van der Waals surface area contributed by atoms with Crippen LogP contribution in [0.15, 0.2) is 24.3 Å². The average molecular weight is 180 g/mol. The molecule has 0 bridgehead atoms. The zero-order valence-electron chi connectivity index (χ0n) is 8.41. The summed E-state index contributed by atoms with van der Waals surface area (Å²) in [4.78, 5) is 0. The molecule has 0 aliphatic rings. The second-order valence-corrected chi connectivity index (χ2v) is 3.02. The molecule has 0 fully saturated rings. The Balaban J connectivity index is 2.66. The van der Waals surface area contributed by atoms with E-state index in [1.54, 1.807) is 7.11 Å². The topological polar surface area (TPSA) is 18.5 Å². The van der Waals surface area contributed by atoms with E-state index >= 15 is 0 Å². The maximum Gasteiger partial charge on any atom is 0.123 e. The van der Waals surface area contributed by atoms with Gasteiger partial charge in [-0.25, -0.2) is 0 Å². The van der Waals surface area contributed by atoms with Gasteiger partial charge in [0, 0.05) is 6.07 Å². The Kier molecular flexibility index (Phi) is 3.62. The van der Waals surface area contributed by atoms with E-state index in [4.69, 9.17) is 9.47 Å². The Morgan fingerprint density at radius 3 is 2.62 bits per heavy atom. The van der Waals surface area contributed by atoms with E-state index in [1.807, 2.05) is 24.3 Å². The van der Waals surface area contributed by atoms with E-state index in [0.29, 0.717) is 0 Å². The molecular formula is C11H16O2. The average Bonchev–Trinajstić information content (AvgIpc) is 2.18. The van der Waals surface area contributed by atoms with Crippen molar-refractivity contribution in [1.29, 1.82) is 0 Å². The summed E-state index contributed by atoms with van der Waals surface area (Å²) in [5.41, 5.74) is 0. The fourth-order valence-electron chi connectivity index (χ4n) is 0.990. The summed E-state index contributed by atoms with van der Waals surface area (Å²) >= 11 is 0. The molecule has 1 atom stereocenters. The summed E-state index contributed by atoms with van der Waals surface area (Å²) in [5.74, 6) is 1.70. The van der Waals surface area contributed by atoms with Crippen LogP contribution in [-0.4, -0.2) is 13.2 Å². The van der Waals surface area contributed by atoms with E-state index in [2.05, 4.69) is 13.8 Å². The molecule has 0 saturated carbocycles. The van der Waals surface area contributed by atoms with Crippen molar-refractivity contribution in [3.63, 3.8) is 0 Å². The van der Waals surface area contributed by atoms with E-state index < -0.39 is 0 Å². The molecule has 0 unspecified atom stereocenters. The molecule has 72 valence electrons. The molecule has 0 heterocycles. The first kappa shape index (κ1) is 9.90. The van der Waals surface area contributed by atoms with E-state index in [9.17, 15) is 0 Å². The van der Waals surface area contributed by atoms with Gasteiger partial charge < -0.3 is 9.47 Å². The van der Waals surface area contributed by atoms with Gasteiger partial charge in [0.25, 0.3) is 0 Å². The lowest BCUT2D eigenvalue weighted by Crippen LogP contribution is -2.09. The minimum atomic E-state index is 0.257. The number of methoxy groups -OCH3 is 1. The molecule has 1 aromatic rings. The van der Waals surface area contributed by atoms with Crippen molar-refractivity contribution in [3.8, 4) is 11.5 Å². The summed E-state index contributed by atoms with van der Waals surface area (Å²) in [6, 6.07) is 7.67. The van der Waals surface area contributed by atoms with Crippen LogP contribution in [0.2, 0.25) is 0 Å². The van der Waals surface area contributed by atoms with Crippen molar-refractivity contribution >= 4 is 0 Å². The van der Waals surface area contributed by atoms with Crippen LogP contribution in [0.1, 0.15) is 20.3 Å². The highest BCUT2D eigenvalue weighted by molar-refractivity contribution is 5.32. The molecule has 0 N–H and O–H groups in total. The van der Waals surface area contributed by atoms with Crippen LogP contribution in [0, 0.1) is 0 Å². The number of hydrogen-bond acceptors (Lipinski definition) is 2. The lowest BCUT2D eigenvalue weighted by Gasteiger charge is -2.12. The number of hydrogen-bond donors (Lipinski definition) is 0. The Bertz CT molecular complexity index is 258. The van der Waals surface area contributed by atoms with E-state index in [1.165, 1.54) is 0 Å². The third-order valence-corrected chi connectivity index (χ3v) is 1.95. The van der Waals surface area contributed by atoms with Crippen LogP contribution in [0.3, 0.4) is 0 Å². The molecular weight excluding hydrogens is 164 g/mol. The number of rotatable bonds is 4. The lowest BCUT2D eigenvalue weighted by molar-refractivity contribution is 0.216. The summed E-state index contributed by atoms with van der Waals surface area (Å²) < 4.78 is 10.7. The predicted octanol–water partition coefficient (Wildman–Crippen LogP) is 2.87. The largest absolute Gasteiger partial charge is 0.497 e. The molecule has 2 nitrogen and oxygen atoms in total. The second kappa shape index (κ2) is 4.75. The maximum atomic E-state index is 5.63. The highest BCUT2D eigenvalue weighted by Crippen LogP contribution is 2.20. The normalized spacial score (nSPS) is 12.2. The Morgan fingerprint density at radius 2 is 2.00 bits per heavy atom. The molecule has 0 amide bonds. The molecule has 2 heteroatoms. The molecule has 1 rings (SSSR count). The minimum Gasteiger partial charge on any atom is -0.497 e. The van der Waals surface area contributed by atoms with Gasteiger partial charge in [-0.1, -0.05) is 13.0 Å². The molecule has 0 aliphatic heterocycles. The third kappa shape index (κ3) is 2.98. The molecule has 0 saturated heterocycles. The molecule has 1 aromatic carbocycles. The Labute approximate surface area is 79.5 Å². The van der Waals surface area contributed by atoms with Gasteiger partial charge in [0.15, 0.2) is 0 Å². The fraction of sp³-hybridized carbons (Fsp3) is 0.455. The molecule has 0 aliphatic carbocycles. The first-order chi connectivity index (χ1) is 6.26. The highest BCUT2D eigenvalue weighted by Gasteiger charge is 2.01. The zero-order chi connectivity index (χ0) is 9.68. The highest BCUT2D eigenvalue weighted by atomic mass is 16.5. The summed E-state index contributed by atoms with van der Waals surface area (Å²) in [7, 11) is 1.66.